The summed E-state index contributed by atoms with van der Waals surface area (Å²) in [4.78, 5) is 18.2. The van der Waals surface area contributed by atoms with Crippen molar-refractivity contribution in [3.8, 4) is 16.3 Å². The van der Waals surface area contributed by atoms with Gasteiger partial charge in [-0.25, -0.2) is 9.78 Å². The van der Waals surface area contributed by atoms with Crippen LogP contribution >= 0.6 is 11.3 Å². The lowest BCUT2D eigenvalue weighted by Gasteiger charge is -2.32. The van der Waals surface area contributed by atoms with E-state index < -0.39 is 5.97 Å². The molecule has 5 nitrogen and oxygen atoms in total. The Balaban J connectivity index is 1.71. The Morgan fingerprint density at radius 3 is 2.68 bits per heavy atom. The normalized spacial score (nSPS) is 15.2. The van der Waals surface area contributed by atoms with Gasteiger partial charge in [-0.2, -0.15) is 0 Å². The predicted octanol–water partition coefficient (Wildman–Crippen LogP) is 5.85. The summed E-state index contributed by atoms with van der Waals surface area (Å²) >= 11 is 1.64. The molecule has 4 aromatic rings. The van der Waals surface area contributed by atoms with E-state index in [0.29, 0.717) is 41.5 Å². The van der Waals surface area contributed by atoms with Crippen LogP contribution in [0.3, 0.4) is 0 Å². The van der Waals surface area contributed by atoms with E-state index in [1.807, 2.05) is 38.1 Å². The first-order chi connectivity index (χ1) is 14.9. The fourth-order valence-electron chi connectivity index (χ4n) is 4.07. The second-order valence-electron chi connectivity index (χ2n) is 8.14. The molecule has 6 heteroatoms. The molecule has 2 aromatic carbocycles. The van der Waals surface area contributed by atoms with Crippen molar-refractivity contribution in [2.24, 2.45) is 5.92 Å². The number of thiophene rings is 1. The highest BCUT2D eigenvalue weighted by Gasteiger charge is 2.28. The van der Waals surface area contributed by atoms with Crippen molar-refractivity contribution < 1.29 is 19.4 Å². The first kappa shape index (κ1) is 20.0. The molecule has 0 bridgehead atoms. The number of fused-ring (bicyclic) bond motifs is 2. The molecule has 1 unspecified atom stereocenters. The minimum atomic E-state index is -0.984. The average Bonchev–Trinajstić information content (AvgIpc) is 3.05. The van der Waals surface area contributed by atoms with Gasteiger partial charge in [0.2, 0.25) is 0 Å². The van der Waals surface area contributed by atoms with Gasteiger partial charge in [-0.05, 0) is 55.5 Å². The molecule has 2 aromatic heterocycles. The molecule has 1 aliphatic rings. The van der Waals surface area contributed by atoms with Crippen LogP contribution in [0, 0.1) is 19.8 Å². The minimum absolute atomic E-state index is 0.0641. The van der Waals surface area contributed by atoms with E-state index >= 15 is 0 Å². The van der Waals surface area contributed by atoms with Gasteiger partial charge in [-0.15, -0.1) is 11.3 Å². The fourth-order valence-corrected chi connectivity index (χ4v) is 5.24. The van der Waals surface area contributed by atoms with Crippen LogP contribution in [0.15, 0.2) is 42.5 Å². The number of carboxylic acids is 1. The molecular weight excluding hydrogens is 410 g/mol. The molecule has 0 aliphatic carbocycles. The SMILES string of the molecule is Cc1c(-c2cc(C(=O)O)c3c(OC(C)C4COC4)ccc(C)c3n2)sc2ccccc12. The van der Waals surface area contributed by atoms with E-state index in [9.17, 15) is 9.90 Å². The van der Waals surface area contributed by atoms with Crippen molar-refractivity contribution in [1.29, 1.82) is 0 Å². The number of aromatic nitrogens is 1. The van der Waals surface area contributed by atoms with Gasteiger partial charge in [-0.1, -0.05) is 24.3 Å². The van der Waals surface area contributed by atoms with Gasteiger partial charge in [0.1, 0.15) is 11.9 Å². The maximum atomic E-state index is 12.3. The molecular formula is C25H23NO4S. The van der Waals surface area contributed by atoms with Crippen molar-refractivity contribution in [1.82, 2.24) is 4.98 Å². The second-order valence-corrected chi connectivity index (χ2v) is 9.19. The number of carboxylic acid groups (broad SMARTS) is 1. The zero-order valence-corrected chi connectivity index (χ0v) is 18.5. The van der Waals surface area contributed by atoms with E-state index in [-0.39, 0.29) is 11.7 Å². The Morgan fingerprint density at radius 1 is 1.23 bits per heavy atom. The van der Waals surface area contributed by atoms with Gasteiger partial charge in [0.15, 0.2) is 0 Å². The lowest BCUT2D eigenvalue weighted by molar-refractivity contribution is -0.0774. The van der Waals surface area contributed by atoms with Crippen molar-refractivity contribution in [2.45, 2.75) is 26.9 Å². The van der Waals surface area contributed by atoms with Gasteiger partial charge < -0.3 is 14.6 Å². The smallest absolute Gasteiger partial charge is 0.336 e. The summed E-state index contributed by atoms with van der Waals surface area (Å²) in [5.74, 6) is -0.106. The first-order valence-corrected chi connectivity index (χ1v) is 11.2. The number of benzene rings is 2. The van der Waals surface area contributed by atoms with E-state index in [4.69, 9.17) is 14.5 Å². The summed E-state index contributed by atoms with van der Waals surface area (Å²) in [5, 5.41) is 11.8. The molecule has 3 heterocycles. The molecule has 31 heavy (non-hydrogen) atoms. The van der Waals surface area contributed by atoms with E-state index in [0.717, 1.165) is 16.0 Å². The Hall–Kier alpha value is -2.96. The summed E-state index contributed by atoms with van der Waals surface area (Å²) in [6.07, 6.45) is -0.0641. The maximum absolute atomic E-state index is 12.3. The summed E-state index contributed by atoms with van der Waals surface area (Å²) in [6.45, 7) is 7.36. The van der Waals surface area contributed by atoms with Gasteiger partial charge >= 0.3 is 5.97 Å². The highest BCUT2D eigenvalue weighted by molar-refractivity contribution is 7.22. The average molecular weight is 434 g/mol. The first-order valence-electron chi connectivity index (χ1n) is 10.3. The number of nitrogens with zero attached hydrogens (tertiary/aromatic N) is 1. The van der Waals surface area contributed by atoms with Crippen LogP contribution in [0.1, 0.15) is 28.4 Å². The summed E-state index contributed by atoms with van der Waals surface area (Å²) < 4.78 is 12.7. The number of pyridine rings is 1. The summed E-state index contributed by atoms with van der Waals surface area (Å²) in [7, 11) is 0. The van der Waals surface area contributed by atoms with Crippen LogP contribution in [0.5, 0.6) is 5.75 Å². The van der Waals surface area contributed by atoms with Crippen LogP contribution in [0.4, 0.5) is 0 Å². The highest BCUT2D eigenvalue weighted by atomic mass is 32.1. The van der Waals surface area contributed by atoms with E-state index in [1.165, 1.54) is 10.1 Å². The number of hydrogen-bond donors (Lipinski definition) is 1. The Bertz CT molecular complexity index is 1320. The van der Waals surface area contributed by atoms with Crippen molar-refractivity contribution in [3.63, 3.8) is 0 Å². The van der Waals surface area contributed by atoms with E-state index in [2.05, 4.69) is 19.1 Å². The number of ether oxygens (including phenoxy) is 2. The molecule has 1 atom stereocenters. The third-order valence-electron chi connectivity index (χ3n) is 6.07. The number of hydrogen-bond acceptors (Lipinski definition) is 5. The topological polar surface area (TPSA) is 68.7 Å². The fraction of sp³-hybridized carbons (Fsp3) is 0.280. The molecule has 1 N–H and O–H groups in total. The molecule has 1 saturated heterocycles. The molecule has 0 spiro atoms. The largest absolute Gasteiger partial charge is 0.490 e. The van der Waals surface area contributed by atoms with Crippen LogP contribution < -0.4 is 4.74 Å². The van der Waals surface area contributed by atoms with Crippen LogP contribution in [0.2, 0.25) is 0 Å². The van der Waals surface area contributed by atoms with Gasteiger partial charge in [0.25, 0.3) is 0 Å². The molecule has 1 aliphatic heterocycles. The predicted molar refractivity (Wildman–Crippen MR) is 123 cm³/mol. The highest BCUT2D eigenvalue weighted by Crippen LogP contribution is 2.40. The Kier molecular flexibility index (Phi) is 4.91. The lowest BCUT2D eigenvalue weighted by atomic mass is 10.0. The third-order valence-corrected chi connectivity index (χ3v) is 7.37. The quantitative estimate of drug-likeness (QED) is 0.428. The molecule has 5 rings (SSSR count). The monoisotopic (exact) mass is 433 g/mol. The van der Waals surface area contributed by atoms with Crippen molar-refractivity contribution in [2.75, 3.05) is 13.2 Å². The van der Waals surface area contributed by atoms with Gasteiger partial charge in [-0.3, -0.25) is 0 Å². The second kappa shape index (κ2) is 7.62. The third kappa shape index (κ3) is 3.36. The number of rotatable bonds is 5. The van der Waals surface area contributed by atoms with Crippen LogP contribution in [-0.2, 0) is 4.74 Å². The van der Waals surface area contributed by atoms with E-state index in [1.54, 1.807) is 17.4 Å². The Labute approximate surface area is 184 Å². The Morgan fingerprint density at radius 2 is 2.00 bits per heavy atom. The van der Waals surface area contributed by atoms with Crippen molar-refractivity contribution in [3.05, 3.63) is 59.2 Å². The summed E-state index contributed by atoms with van der Waals surface area (Å²) in [5.41, 5.74) is 3.61. The van der Waals surface area contributed by atoms with Gasteiger partial charge in [0, 0.05) is 10.6 Å². The van der Waals surface area contributed by atoms with Crippen LogP contribution in [-0.4, -0.2) is 35.4 Å². The van der Waals surface area contributed by atoms with Crippen molar-refractivity contribution >= 4 is 38.3 Å². The maximum Gasteiger partial charge on any atom is 0.336 e. The van der Waals surface area contributed by atoms with Gasteiger partial charge in [0.05, 0.1) is 40.3 Å². The minimum Gasteiger partial charge on any atom is -0.490 e. The number of aryl methyl sites for hydroxylation is 2. The standard InChI is InChI=1S/C25H23NO4S/c1-13-8-9-20(30-15(3)16-11-29-12-16)22-18(25(27)28)10-19(26-23(13)22)24-14(2)17-6-4-5-7-21(17)31-24/h4-10,15-16H,11-12H2,1-3H3,(H,27,28). The molecule has 158 valence electrons. The zero-order chi connectivity index (χ0) is 21.7. The number of carbonyl (C=O) groups is 1. The molecule has 1 fully saturated rings. The lowest BCUT2D eigenvalue weighted by Crippen LogP contribution is -2.39. The molecule has 0 saturated carbocycles. The number of aromatic carboxylic acids is 1. The zero-order valence-electron chi connectivity index (χ0n) is 17.6. The van der Waals surface area contributed by atoms with Crippen LogP contribution in [0.25, 0.3) is 31.6 Å². The molecule has 0 amide bonds. The summed E-state index contributed by atoms with van der Waals surface area (Å²) in [6, 6.07) is 13.7. The molecule has 0 radical (unpaired) electrons.